The molecule has 108 valence electrons. The van der Waals surface area contributed by atoms with Crippen molar-refractivity contribution in [3.8, 4) is 0 Å². The summed E-state index contributed by atoms with van der Waals surface area (Å²) in [7, 11) is 0. The zero-order chi connectivity index (χ0) is 13.8. The van der Waals surface area contributed by atoms with E-state index in [0.29, 0.717) is 12.8 Å². The fourth-order valence-electron chi connectivity index (χ4n) is 2.27. The first-order valence-electron chi connectivity index (χ1n) is 7.46. The Hall–Kier alpha value is -0.570. The topological polar surface area (TPSA) is 60.4 Å². The summed E-state index contributed by atoms with van der Waals surface area (Å²) >= 11 is 0. The lowest BCUT2D eigenvalue weighted by atomic mass is 9.95. The quantitative estimate of drug-likeness (QED) is 0.547. The van der Waals surface area contributed by atoms with Gasteiger partial charge in [0.1, 0.15) is 0 Å². The third-order valence-corrected chi connectivity index (χ3v) is 3.37. The van der Waals surface area contributed by atoms with Crippen molar-refractivity contribution in [1.29, 1.82) is 0 Å². The first-order valence-corrected chi connectivity index (χ1v) is 7.46. The summed E-state index contributed by atoms with van der Waals surface area (Å²) in [4.78, 5) is 10.9. The molecule has 3 heteroatoms. The molecule has 0 fully saturated rings. The van der Waals surface area contributed by atoms with Crippen molar-refractivity contribution >= 4 is 5.97 Å². The predicted molar refractivity (Wildman–Crippen MR) is 72.0 cm³/mol. The largest absolute Gasteiger partial charge is 0.550 e. The van der Waals surface area contributed by atoms with Gasteiger partial charge >= 0.3 is 0 Å². The first kappa shape index (κ1) is 17.4. The Morgan fingerprint density at radius 1 is 1.06 bits per heavy atom. The lowest BCUT2D eigenvalue weighted by Crippen LogP contribution is -2.33. The van der Waals surface area contributed by atoms with Crippen LogP contribution < -0.4 is 5.11 Å². The number of aliphatic hydroxyl groups excluding tert-OH is 1. The van der Waals surface area contributed by atoms with Gasteiger partial charge in [-0.3, -0.25) is 0 Å². The van der Waals surface area contributed by atoms with Crippen LogP contribution in [0.2, 0.25) is 0 Å². The molecule has 0 aromatic carbocycles. The van der Waals surface area contributed by atoms with Gasteiger partial charge in [0, 0.05) is 11.9 Å². The zero-order valence-corrected chi connectivity index (χ0v) is 12.0. The molecule has 18 heavy (non-hydrogen) atoms. The highest BCUT2D eigenvalue weighted by atomic mass is 16.4. The molecule has 0 bridgehead atoms. The molecule has 0 amide bonds. The Balaban J connectivity index is 3.47. The molecule has 0 spiro atoms. The number of rotatable bonds is 12. The molecule has 0 heterocycles. The van der Waals surface area contributed by atoms with E-state index in [1.807, 2.05) is 0 Å². The summed E-state index contributed by atoms with van der Waals surface area (Å²) < 4.78 is 0. The summed E-state index contributed by atoms with van der Waals surface area (Å²) in [6.45, 7) is 3.84. The van der Waals surface area contributed by atoms with Gasteiger partial charge in [-0.1, -0.05) is 58.3 Å². The predicted octanol–water partition coefficient (Wildman–Crippen LogP) is 2.65. The second kappa shape index (κ2) is 11.5. The van der Waals surface area contributed by atoms with Gasteiger partial charge in [0.15, 0.2) is 0 Å². The summed E-state index contributed by atoms with van der Waals surface area (Å²) in [5.41, 5.74) is 0. The van der Waals surface area contributed by atoms with Gasteiger partial charge in [0.2, 0.25) is 0 Å². The fourth-order valence-corrected chi connectivity index (χ4v) is 2.27. The maximum atomic E-state index is 10.9. The number of carbonyl (C=O) groups is 1. The van der Waals surface area contributed by atoms with Gasteiger partial charge in [0.25, 0.3) is 0 Å². The van der Waals surface area contributed by atoms with Gasteiger partial charge in [-0.15, -0.1) is 0 Å². The van der Waals surface area contributed by atoms with Crippen molar-refractivity contribution in [3.63, 3.8) is 0 Å². The number of aliphatic hydroxyl groups is 1. The number of carbonyl (C=O) groups excluding carboxylic acids is 1. The molecule has 2 atom stereocenters. The summed E-state index contributed by atoms with van der Waals surface area (Å²) in [5, 5.41) is 20.1. The van der Waals surface area contributed by atoms with E-state index in [1.165, 1.54) is 38.5 Å². The molecule has 3 nitrogen and oxygen atoms in total. The average Bonchev–Trinajstić information content (AvgIpc) is 2.30. The minimum absolute atomic E-state index is 0.318. The van der Waals surface area contributed by atoms with E-state index < -0.39 is 18.0 Å². The molecule has 0 aromatic heterocycles. The molecule has 1 N–H and O–H groups in total. The lowest BCUT2D eigenvalue weighted by Gasteiger charge is -2.19. The molecule has 0 aliphatic heterocycles. The van der Waals surface area contributed by atoms with Crippen molar-refractivity contribution in [2.24, 2.45) is 5.92 Å². The summed E-state index contributed by atoms with van der Waals surface area (Å²) in [5.74, 6) is -1.50. The van der Waals surface area contributed by atoms with Crippen LogP contribution >= 0.6 is 0 Å². The van der Waals surface area contributed by atoms with E-state index in [9.17, 15) is 15.0 Å². The maximum absolute atomic E-state index is 10.9. The third kappa shape index (κ3) is 10.6. The number of hydrogen-bond acceptors (Lipinski definition) is 3. The standard InChI is InChI=1S/C15H30O3/c1-3-4-5-6-7-8-9-10-11-14(15(17)18)12-13(2)16/h13-14,16H,3-12H2,1-2H3,(H,17,18)/p-1. The number of carboxylic acid groups (broad SMARTS) is 1. The van der Waals surface area contributed by atoms with Crippen LogP contribution in [-0.2, 0) is 4.79 Å². The summed E-state index contributed by atoms with van der Waals surface area (Å²) in [6, 6.07) is 0. The van der Waals surface area contributed by atoms with Crippen molar-refractivity contribution in [3.05, 3.63) is 0 Å². The molecular formula is C15H29O3-. The van der Waals surface area contributed by atoms with E-state index in [4.69, 9.17) is 0 Å². The average molecular weight is 257 g/mol. The Kier molecular flexibility index (Phi) is 11.2. The number of carboxylic acids is 1. The fraction of sp³-hybridized carbons (Fsp3) is 0.933. The summed E-state index contributed by atoms with van der Waals surface area (Å²) in [6.07, 6.45) is 10.1. The minimum atomic E-state index is -1.01. The van der Waals surface area contributed by atoms with Gasteiger partial charge in [-0.05, 0) is 19.8 Å². The molecule has 0 saturated heterocycles. The SMILES string of the molecule is CCCCCCCCCCC(CC(C)O)C(=O)[O-]. The van der Waals surface area contributed by atoms with E-state index in [0.717, 1.165) is 12.8 Å². The molecule has 0 aromatic rings. The van der Waals surface area contributed by atoms with Gasteiger partial charge < -0.3 is 15.0 Å². The number of unbranched alkanes of at least 4 members (excludes halogenated alkanes) is 7. The number of hydrogen-bond donors (Lipinski definition) is 1. The van der Waals surface area contributed by atoms with Crippen LogP contribution in [0.15, 0.2) is 0 Å². The van der Waals surface area contributed by atoms with Crippen molar-refractivity contribution in [2.75, 3.05) is 0 Å². The van der Waals surface area contributed by atoms with E-state index in [-0.39, 0.29) is 0 Å². The second-order valence-electron chi connectivity index (χ2n) is 5.36. The van der Waals surface area contributed by atoms with Crippen molar-refractivity contribution in [1.82, 2.24) is 0 Å². The van der Waals surface area contributed by atoms with Crippen LogP contribution in [0.25, 0.3) is 0 Å². The molecular weight excluding hydrogens is 228 g/mol. The molecule has 0 saturated carbocycles. The maximum Gasteiger partial charge on any atom is 0.0518 e. The highest BCUT2D eigenvalue weighted by Gasteiger charge is 2.12. The van der Waals surface area contributed by atoms with Crippen LogP contribution in [0.1, 0.15) is 78.1 Å². The normalized spacial score (nSPS) is 14.4. The number of aliphatic carboxylic acids is 1. The highest BCUT2D eigenvalue weighted by Crippen LogP contribution is 2.16. The van der Waals surface area contributed by atoms with Gasteiger partial charge in [-0.25, -0.2) is 0 Å². The minimum Gasteiger partial charge on any atom is -0.550 e. The van der Waals surface area contributed by atoms with Crippen LogP contribution in [0.3, 0.4) is 0 Å². The van der Waals surface area contributed by atoms with Crippen LogP contribution in [0.5, 0.6) is 0 Å². The molecule has 0 rings (SSSR count). The van der Waals surface area contributed by atoms with E-state index in [2.05, 4.69) is 6.92 Å². The second-order valence-corrected chi connectivity index (χ2v) is 5.36. The monoisotopic (exact) mass is 257 g/mol. The van der Waals surface area contributed by atoms with Crippen molar-refractivity contribution in [2.45, 2.75) is 84.2 Å². The lowest BCUT2D eigenvalue weighted by molar-refractivity contribution is -0.312. The highest BCUT2D eigenvalue weighted by molar-refractivity contribution is 5.67. The van der Waals surface area contributed by atoms with E-state index in [1.54, 1.807) is 6.92 Å². The molecule has 0 aliphatic carbocycles. The molecule has 0 aliphatic rings. The third-order valence-electron chi connectivity index (χ3n) is 3.37. The van der Waals surface area contributed by atoms with E-state index >= 15 is 0 Å². The zero-order valence-electron chi connectivity index (χ0n) is 12.0. The first-order chi connectivity index (χ1) is 8.57. The van der Waals surface area contributed by atoms with Crippen LogP contribution in [0.4, 0.5) is 0 Å². The van der Waals surface area contributed by atoms with Crippen LogP contribution in [0, 0.1) is 5.92 Å². The Morgan fingerprint density at radius 2 is 1.56 bits per heavy atom. The van der Waals surface area contributed by atoms with Gasteiger partial charge in [-0.2, -0.15) is 0 Å². The molecule has 0 radical (unpaired) electrons. The smallest absolute Gasteiger partial charge is 0.0518 e. The van der Waals surface area contributed by atoms with Crippen molar-refractivity contribution < 1.29 is 15.0 Å². The Labute approximate surface area is 112 Å². The van der Waals surface area contributed by atoms with Crippen LogP contribution in [-0.4, -0.2) is 17.2 Å². The molecule has 2 unspecified atom stereocenters. The Bertz CT molecular complexity index is 202. The van der Waals surface area contributed by atoms with Gasteiger partial charge in [0.05, 0.1) is 6.10 Å². The Morgan fingerprint density at radius 3 is 2.00 bits per heavy atom.